The van der Waals surface area contributed by atoms with Crippen LogP contribution in [0.2, 0.25) is 0 Å². The van der Waals surface area contributed by atoms with Gasteiger partial charge in [-0.15, -0.1) is 0 Å². The maximum atomic E-state index is 15.3. The van der Waals surface area contributed by atoms with Crippen LogP contribution in [0.25, 0.3) is 21.9 Å². The molecule has 1 aromatic carbocycles. The van der Waals surface area contributed by atoms with Crippen LogP contribution in [0.3, 0.4) is 0 Å². The van der Waals surface area contributed by atoms with Crippen molar-refractivity contribution in [2.45, 2.75) is 63.5 Å². The Hall–Kier alpha value is -5.60. The lowest BCUT2D eigenvalue weighted by atomic mass is 9.71. The zero-order chi connectivity index (χ0) is 36.4. The second kappa shape index (κ2) is 12.8. The van der Waals surface area contributed by atoms with Gasteiger partial charge in [0.1, 0.15) is 29.0 Å². The van der Waals surface area contributed by atoms with Gasteiger partial charge in [-0.2, -0.15) is 10.1 Å². The van der Waals surface area contributed by atoms with Gasteiger partial charge in [0.15, 0.2) is 0 Å². The summed E-state index contributed by atoms with van der Waals surface area (Å²) >= 11 is 0. The maximum absolute atomic E-state index is 15.3. The lowest BCUT2D eigenvalue weighted by molar-refractivity contribution is -0.135. The van der Waals surface area contributed by atoms with Crippen molar-refractivity contribution in [1.82, 2.24) is 39.5 Å². The number of hydrogen-bond donors (Lipinski definition) is 2. The fourth-order valence-corrected chi connectivity index (χ4v) is 8.63. The Morgan fingerprint density at radius 3 is 2.49 bits per heavy atom. The molecule has 0 radical (unpaired) electrons. The molecule has 15 heteroatoms. The molecule has 1 saturated carbocycles. The number of halogens is 1. The molecule has 7 heterocycles. The molecule has 4 aromatic heterocycles. The van der Waals surface area contributed by atoms with Crippen LogP contribution in [0, 0.1) is 11.2 Å². The molecule has 3 saturated heterocycles. The number of hydrogen-bond acceptors (Lipinski definition) is 10. The number of fused-ring (bicyclic) bond motifs is 2. The van der Waals surface area contributed by atoms with Gasteiger partial charge in [0.25, 0.3) is 11.8 Å². The highest BCUT2D eigenvalue weighted by molar-refractivity contribution is 6.00. The van der Waals surface area contributed by atoms with Crippen LogP contribution in [-0.2, 0) is 9.59 Å². The van der Waals surface area contributed by atoms with Gasteiger partial charge in [0.2, 0.25) is 11.9 Å². The smallest absolute Gasteiger partial charge is 0.270 e. The summed E-state index contributed by atoms with van der Waals surface area (Å²) < 4.78 is 19.0. The molecule has 0 bridgehead atoms. The monoisotopic (exact) mass is 719 g/mol. The largest absolute Gasteiger partial charge is 0.370 e. The van der Waals surface area contributed by atoms with E-state index in [1.165, 1.54) is 6.07 Å². The molecule has 9 rings (SSSR count). The van der Waals surface area contributed by atoms with Crippen LogP contribution in [0.15, 0.2) is 48.9 Å². The standard InChI is InChI=1S/C38H42FN11O3/c1-46(2)36(53)31-16-23-18-41-37(44-34(23)50(31)25-5-3-4-6-25)42-32-9-7-26(19-40-32)47-13-11-38(12-14-47)21-48(22-38)30-17-28-24(15-27(30)39)20-49(45-28)29-8-10-33(51)43-35(29)52/h7,9,15-20,25,29H,3-6,8,10-14,21-22H2,1-2H3,(H,43,51,52)(H,40,41,42,44)/t29-/m0/s1. The molecule has 1 atom stereocenters. The van der Waals surface area contributed by atoms with Gasteiger partial charge in [0, 0.05) is 81.3 Å². The molecular formula is C38H42FN11O3. The Balaban J connectivity index is 0.832. The van der Waals surface area contributed by atoms with Gasteiger partial charge < -0.3 is 24.6 Å². The first-order chi connectivity index (χ1) is 25.6. The highest BCUT2D eigenvalue weighted by Crippen LogP contribution is 2.44. The van der Waals surface area contributed by atoms with E-state index >= 15 is 4.39 Å². The molecule has 1 spiro atoms. The van der Waals surface area contributed by atoms with Gasteiger partial charge in [0.05, 0.1) is 23.1 Å². The molecule has 53 heavy (non-hydrogen) atoms. The van der Waals surface area contributed by atoms with Crippen molar-refractivity contribution < 1.29 is 18.8 Å². The number of anilines is 4. The Kier molecular flexibility index (Phi) is 8.04. The van der Waals surface area contributed by atoms with E-state index in [1.807, 2.05) is 18.3 Å². The lowest BCUT2D eigenvalue weighted by Gasteiger charge is -2.55. The van der Waals surface area contributed by atoms with Crippen molar-refractivity contribution in [2.24, 2.45) is 5.41 Å². The fraction of sp³-hybridized carbons (Fsp3) is 0.447. The molecule has 5 aromatic rings. The Bertz CT molecular complexity index is 2240. The third kappa shape index (κ3) is 6.01. The first kappa shape index (κ1) is 33.3. The number of nitrogens with one attached hydrogen (secondary N) is 2. The highest BCUT2D eigenvalue weighted by atomic mass is 19.1. The van der Waals surface area contributed by atoms with E-state index in [0.717, 1.165) is 81.4 Å². The zero-order valence-electron chi connectivity index (χ0n) is 29.9. The van der Waals surface area contributed by atoms with Crippen LogP contribution in [0.4, 0.5) is 27.5 Å². The van der Waals surface area contributed by atoms with E-state index in [9.17, 15) is 14.4 Å². The van der Waals surface area contributed by atoms with E-state index in [0.29, 0.717) is 40.5 Å². The molecule has 3 aliphatic heterocycles. The topological polar surface area (TPSA) is 146 Å². The third-order valence-electron chi connectivity index (χ3n) is 11.6. The quantitative estimate of drug-likeness (QED) is 0.222. The summed E-state index contributed by atoms with van der Waals surface area (Å²) in [6.45, 7) is 3.31. The van der Waals surface area contributed by atoms with E-state index in [2.05, 4.69) is 46.1 Å². The second-order valence-electron chi connectivity index (χ2n) is 15.3. The van der Waals surface area contributed by atoms with Crippen molar-refractivity contribution in [3.63, 3.8) is 0 Å². The third-order valence-corrected chi connectivity index (χ3v) is 11.6. The first-order valence-corrected chi connectivity index (χ1v) is 18.5. The summed E-state index contributed by atoms with van der Waals surface area (Å²) in [6, 6.07) is 8.83. The van der Waals surface area contributed by atoms with Gasteiger partial charge >= 0.3 is 0 Å². The Labute approximate surface area is 305 Å². The Morgan fingerprint density at radius 2 is 1.77 bits per heavy atom. The van der Waals surface area contributed by atoms with E-state index in [1.54, 1.807) is 42.1 Å². The first-order valence-electron chi connectivity index (χ1n) is 18.5. The van der Waals surface area contributed by atoms with Crippen LogP contribution in [-0.4, -0.2) is 92.2 Å². The number of amides is 3. The summed E-state index contributed by atoms with van der Waals surface area (Å²) in [5.74, 6) is 0.0799. The molecule has 0 unspecified atom stereocenters. The highest BCUT2D eigenvalue weighted by Gasteiger charge is 2.45. The molecule has 1 aliphatic carbocycles. The predicted molar refractivity (Wildman–Crippen MR) is 198 cm³/mol. The summed E-state index contributed by atoms with van der Waals surface area (Å²) in [6.07, 6.45) is 12.3. The zero-order valence-corrected chi connectivity index (χ0v) is 29.9. The number of imide groups is 1. The van der Waals surface area contributed by atoms with Crippen molar-refractivity contribution in [1.29, 1.82) is 0 Å². The summed E-state index contributed by atoms with van der Waals surface area (Å²) in [7, 11) is 3.54. The lowest BCUT2D eigenvalue weighted by Crippen LogP contribution is -2.60. The molecule has 14 nitrogen and oxygen atoms in total. The average Bonchev–Trinajstić information content (AvgIpc) is 3.89. The number of aromatic nitrogens is 6. The molecule has 274 valence electrons. The van der Waals surface area contributed by atoms with Crippen LogP contribution in [0.5, 0.6) is 0 Å². The number of rotatable bonds is 7. The van der Waals surface area contributed by atoms with E-state index < -0.39 is 6.04 Å². The minimum atomic E-state index is -0.577. The number of carbonyl (C=O) groups is 3. The number of piperidine rings is 2. The number of nitrogens with zero attached hydrogens (tertiary/aromatic N) is 9. The minimum Gasteiger partial charge on any atom is -0.370 e. The second-order valence-corrected chi connectivity index (χ2v) is 15.3. The average molecular weight is 720 g/mol. The fourth-order valence-electron chi connectivity index (χ4n) is 8.63. The molecule has 4 fully saturated rings. The van der Waals surface area contributed by atoms with Crippen LogP contribution in [0.1, 0.15) is 73.9 Å². The van der Waals surface area contributed by atoms with Crippen molar-refractivity contribution in [2.75, 3.05) is 55.4 Å². The predicted octanol–water partition coefficient (Wildman–Crippen LogP) is 4.96. The van der Waals surface area contributed by atoms with Gasteiger partial charge in [-0.3, -0.25) is 24.4 Å². The molecular weight excluding hydrogens is 677 g/mol. The van der Waals surface area contributed by atoms with Crippen molar-refractivity contribution in [3.8, 4) is 0 Å². The minimum absolute atomic E-state index is 0.0373. The van der Waals surface area contributed by atoms with E-state index in [-0.39, 0.29) is 41.4 Å². The normalized spacial score (nSPS) is 20.3. The maximum Gasteiger partial charge on any atom is 0.270 e. The van der Waals surface area contributed by atoms with Crippen LogP contribution < -0.4 is 20.4 Å². The number of benzene rings is 1. The van der Waals surface area contributed by atoms with Crippen molar-refractivity contribution in [3.05, 3.63) is 60.4 Å². The molecule has 4 aliphatic rings. The molecule has 3 amide bonds. The van der Waals surface area contributed by atoms with Gasteiger partial charge in [-0.1, -0.05) is 12.8 Å². The number of carbonyl (C=O) groups excluding carboxylic acids is 3. The summed E-state index contributed by atoms with van der Waals surface area (Å²) in [5, 5.41) is 11.7. The van der Waals surface area contributed by atoms with Gasteiger partial charge in [-0.05, 0) is 62.4 Å². The summed E-state index contributed by atoms with van der Waals surface area (Å²) in [4.78, 5) is 57.1. The Morgan fingerprint density at radius 1 is 0.981 bits per heavy atom. The SMILES string of the molecule is CN(C)C(=O)c1cc2cnc(Nc3ccc(N4CCC5(CC4)CN(c4cc6nn([C@H]7CCC(=O)NC7=O)cc6cc4F)C5)cn3)nc2n1C1CCCC1. The van der Waals surface area contributed by atoms with Crippen molar-refractivity contribution >= 4 is 62.8 Å². The number of pyridine rings is 1. The van der Waals surface area contributed by atoms with E-state index in [4.69, 9.17) is 4.98 Å². The summed E-state index contributed by atoms with van der Waals surface area (Å²) in [5.41, 5.74) is 3.74. The van der Waals surface area contributed by atoms with Gasteiger partial charge in [-0.25, -0.2) is 14.4 Å². The van der Waals surface area contributed by atoms with Crippen LogP contribution >= 0.6 is 0 Å². The molecule has 2 N–H and O–H groups in total.